The molecule has 0 atom stereocenters. The van der Waals surface area contributed by atoms with Crippen molar-refractivity contribution in [1.29, 1.82) is 0 Å². The standard InChI is InChI=1S/C23H23N9O/c1-16-25-21(14-22(26-16)31-11-2-3-12-31)27-18-7-9-19(10-8-18)28-23(33)17-5-4-6-20(13-17)32-15-24-29-30-32/h4-10,13-15H,2-3,11-12H2,1H3,(H,28,33)(H,25,26,27). The zero-order valence-corrected chi connectivity index (χ0v) is 18.1. The fourth-order valence-electron chi connectivity index (χ4n) is 3.78. The minimum absolute atomic E-state index is 0.215. The molecule has 33 heavy (non-hydrogen) atoms. The van der Waals surface area contributed by atoms with Gasteiger partial charge >= 0.3 is 0 Å². The number of aryl methyl sites for hydroxylation is 1. The summed E-state index contributed by atoms with van der Waals surface area (Å²) in [5.41, 5.74) is 2.78. The van der Waals surface area contributed by atoms with E-state index in [0.717, 1.165) is 36.2 Å². The first-order valence-electron chi connectivity index (χ1n) is 10.8. The Bertz CT molecular complexity index is 1250. The molecule has 0 bridgehead atoms. The number of carbonyl (C=O) groups is 1. The zero-order chi connectivity index (χ0) is 22.6. The molecule has 1 saturated heterocycles. The van der Waals surface area contributed by atoms with Gasteiger partial charge in [0, 0.05) is 36.1 Å². The molecule has 5 rings (SSSR count). The van der Waals surface area contributed by atoms with Crippen LogP contribution in [0.15, 0.2) is 60.9 Å². The van der Waals surface area contributed by atoms with Gasteiger partial charge in [-0.25, -0.2) is 14.6 Å². The Hall–Kier alpha value is -4.34. The van der Waals surface area contributed by atoms with Crippen molar-refractivity contribution < 1.29 is 4.79 Å². The maximum Gasteiger partial charge on any atom is 0.255 e. The number of amides is 1. The van der Waals surface area contributed by atoms with Crippen molar-refractivity contribution in [1.82, 2.24) is 30.2 Å². The molecule has 0 aliphatic carbocycles. The zero-order valence-electron chi connectivity index (χ0n) is 18.1. The fourth-order valence-corrected chi connectivity index (χ4v) is 3.78. The van der Waals surface area contributed by atoms with Gasteiger partial charge in [0.1, 0.15) is 23.8 Å². The van der Waals surface area contributed by atoms with E-state index in [4.69, 9.17) is 0 Å². The molecule has 10 nitrogen and oxygen atoms in total. The van der Waals surface area contributed by atoms with E-state index < -0.39 is 0 Å². The van der Waals surface area contributed by atoms with Crippen LogP contribution in [0.5, 0.6) is 0 Å². The van der Waals surface area contributed by atoms with E-state index in [9.17, 15) is 4.79 Å². The number of hydrogen-bond donors (Lipinski definition) is 2. The van der Waals surface area contributed by atoms with Gasteiger partial charge in [-0.3, -0.25) is 4.79 Å². The van der Waals surface area contributed by atoms with Gasteiger partial charge in [0.15, 0.2) is 0 Å². The first-order valence-corrected chi connectivity index (χ1v) is 10.8. The van der Waals surface area contributed by atoms with Crippen LogP contribution in [0.1, 0.15) is 29.0 Å². The van der Waals surface area contributed by atoms with Gasteiger partial charge in [0.25, 0.3) is 5.91 Å². The molecule has 0 radical (unpaired) electrons. The molecule has 2 aromatic heterocycles. The number of tetrazole rings is 1. The van der Waals surface area contributed by atoms with Gasteiger partial charge in [-0.15, -0.1) is 5.10 Å². The summed E-state index contributed by atoms with van der Waals surface area (Å²) in [6.07, 6.45) is 3.87. The van der Waals surface area contributed by atoms with Crippen molar-refractivity contribution in [3.63, 3.8) is 0 Å². The second kappa shape index (κ2) is 9.03. The van der Waals surface area contributed by atoms with Crippen LogP contribution in [0.25, 0.3) is 5.69 Å². The van der Waals surface area contributed by atoms with E-state index in [0.29, 0.717) is 16.9 Å². The molecular weight excluding hydrogens is 418 g/mol. The monoisotopic (exact) mass is 441 g/mol. The lowest BCUT2D eigenvalue weighted by Crippen LogP contribution is -2.19. The number of carbonyl (C=O) groups excluding carboxylic acids is 1. The minimum atomic E-state index is -0.215. The smallest absolute Gasteiger partial charge is 0.255 e. The van der Waals surface area contributed by atoms with Gasteiger partial charge in [0.2, 0.25) is 0 Å². The number of hydrogen-bond acceptors (Lipinski definition) is 8. The molecular formula is C23H23N9O. The summed E-state index contributed by atoms with van der Waals surface area (Å²) in [6, 6.07) is 16.6. The lowest BCUT2D eigenvalue weighted by Gasteiger charge is -2.18. The largest absolute Gasteiger partial charge is 0.356 e. The van der Waals surface area contributed by atoms with Crippen LogP contribution >= 0.6 is 0 Å². The molecule has 166 valence electrons. The van der Waals surface area contributed by atoms with Crippen molar-refractivity contribution in [2.75, 3.05) is 28.6 Å². The maximum atomic E-state index is 12.7. The summed E-state index contributed by atoms with van der Waals surface area (Å²) in [6.45, 7) is 3.96. The molecule has 0 unspecified atom stereocenters. The number of anilines is 4. The maximum absolute atomic E-state index is 12.7. The average Bonchev–Trinajstić information content (AvgIpc) is 3.55. The van der Waals surface area contributed by atoms with Crippen molar-refractivity contribution in [2.45, 2.75) is 19.8 Å². The van der Waals surface area contributed by atoms with Crippen LogP contribution in [-0.4, -0.2) is 49.2 Å². The molecule has 1 aliphatic heterocycles. The van der Waals surface area contributed by atoms with Crippen molar-refractivity contribution in [3.05, 3.63) is 72.3 Å². The minimum Gasteiger partial charge on any atom is -0.356 e. The van der Waals surface area contributed by atoms with Crippen molar-refractivity contribution in [2.24, 2.45) is 0 Å². The Balaban J connectivity index is 1.26. The van der Waals surface area contributed by atoms with E-state index in [-0.39, 0.29) is 5.91 Å². The highest BCUT2D eigenvalue weighted by atomic mass is 16.1. The summed E-state index contributed by atoms with van der Waals surface area (Å²) < 4.78 is 1.50. The van der Waals surface area contributed by atoms with Crippen LogP contribution < -0.4 is 15.5 Å². The van der Waals surface area contributed by atoms with E-state index in [2.05, 4.69) is 41.0 Å². The number of nitrogens with one attached hydrogen (secondary N) is 2. The quantitative estimate of drug-likeness (QED) is 0.468. The SMILES string of the molecule is Cc1nc(Nc2ccc(NC(=O)c3cccc(-n4cnnn4)c3)cc2)cc(N2CCCC2)n1. The highest BCUT2D eigenvalue weighted by Crippen LogP contribution is 2.24. The summed E-state index contributed by atoms with van der Waals surface area (Å²) >= 11 is 0. The van der Waals surface area contributed by atoms with E-state index in [1.807, 2.05) is 43.3 Å². The topological polar surface area (TPSA) is 114 Å². The highest BCUT2D eigenvalue weighted by molar-refractivity contribution is 6.04. The van der Waals surface area contributed by atoms with Gasteiger partial charge in [-0.2, -0.15) is 0 Å². The Labute approximate surface area is 190 Å². The van der Waals surface area contributed by atoms with Crippen LogP contribution in [0.2, 0.25) is 0 Å². The Morgan fingerprint density at radius 2 is 1.76 bits per heavy atom. The second-order valence-electron chi connectivity index (χ2n) is 7.81. The molecule has 1 amide bonds. The third-order valence-corrected chi connectivity index (χ3v) is 5.39. The van der Waals surface area contributed by atoms with Gasteiger partial charge in [-0.1, -0.05) is 6.07 Å². The molecule has 2 N–H and O–H groups in total. The lowest BCUT2D eigenvalue weighted by atomic mass is 10.2. The fraction of sp³-hybridized carbons (Fsp3) is 0.217. The summed E-state index contributed by atoms with van der Waals surface area (Å²) in [5.74, 6) is 2.22. The van der Waals surface area contributed by atoms with Gasteiger partial charge in [-0.05, 0) is 72.7 Å². The highest BCUT2D eigenvalue weighted by Gasteiger charge is 2.15. The Morgan fingerprint density at radius 1 is 0.970 bits per heavy atom. The predicted molar refractivity (Wildman–Crippen MR) is 125 cm³/mol. The van der Waals surface area contributed by atoms with E-state index in [1.165, 1.54) is 23.9 Å². The van der Waals surface area contributed by atoms with Crippen LogP contribution in [0.4, 0.5) is 23.0 Å². The molecule has 4 aromatic rings. The molecule has 0 saturated carbocycles. The van der Waals surface area contributed by atoms with Crippen LogP contribution in [-0.2, 0) is 0 Å². The normalized spacial score (nSPS) is 13.2. The summed E-state index contributed by atoms with van der Waals surface area (Å²) in [7, 11) is 0. The Kier molecular flexibility index (Phi) is 5.62. The third kappa shape index (κ3) is 4.79. The predicted octanol–water partition coefficient (Wildman–Crippen LogP) is 3.36. The first kappa shape index (κ1) is 20.6. The van der Waals surface area contributed by atoms with Crippen molar-refractivity contribution in [3.8, 4) is 5.69 Å². The van der Waals surface area contributed by atoms with Crippen LogP contribution in [0, 0.1) is 6.92 Å². The summed E-state index contributed by atoms with van der Waals surface area (Å²) in [4.78, 5) is 24.1. The molecule has 1 aliphatic rings. The lowest BCUT2D eigenvalue weighted by molar-refractivity contribution is 0.102. The molecule has 10 heteroatoms. The average molecular weight is 441 g/mol. The second-order valence-corrected chi connectivity index (χ2v) is 7.81. The summed E-state index contributed by atoms with van der Waals surface area (Å²) in [5, 5.41) is 17.4. The molecule has 3 heterocycles. The number of aromatic nitrogens is 6. The van der Waals surface area contributed by atoms with Gasteiger partial charge in [0.05, 0.1) is 5.69 Å². The van der Waals surface area contributed by atoms with Gasteiger partial charge < -0.3 is 15.5 Å². The first-order chi connectivity index (χ1) is 16.1. The van der Waals surface area contributed by atoms with Crippen LogP contribution in [0.3, 0.4) is 0 Å². The third-order valence-electron chi connectivity index (χ3n) is 5.39. The molecule has 1 fully saturated rings. The van der Waals surface area contributed by atoms with Crippen molar-refractivity contribution >= 4 is 28.9 Å². The molecule has 2 aromatic carbocycles. The van der Waals surface area contributed by atoms with E-state index in [1.54, 1.807) is 18.2 Å². The number of nitrogens with zero attached hydrogens (tertiary/aromatic N) is 7. The number of rotatable bonds is 6. The Morgan fingerprint density at radius 3 is 2.52 bits per heavy atom. The van der Waals surface area contributed by atoms with E-state index >= 15 is 0 Å². The molecule has 0 spiro atoms. The number of benzene rings is 2.